The second kappa shape index (κ2) is 7.17. The molecule has 2 aromatic heterocycles. The summed E-state index contributed by atoms with van der Waals surface area (Å²) in [6.45, 7) is 3.56. The maximum absolute atomic E-state index is 12.0. The van der Waals surface area contributed by atoms with Gasteiger partial charge < -0.3 is 9.73 Å². The highest BCUT2D eigenvalue weighted by molar-refractivity contribution is 5.91. The number of nitrogens with zero attached hydrogens (tertiary/aromatic N) is 3. The van der Waals surface area contributed by atoms with Crippen molar-refractivity contribution in [2.24, 2.45) is 5.92 Å². The van der Waals surface area contributed by atoms with Crippen molar-refractivity contribution in [1.29, 1.82) is 0 Å². The number of carbonyl (C=O) groups excluding carboxylic acids is 1. The van der Waals surface area contributed by atoms with Gasteiger partial charge in [0.05, 0.1) is 19.0 Å². The Morgan fingerprint density at radius 2 is 2.41 bits per heavy atom. The number of furan rings is 1. The van der Waals surface area contributed by atoms with Gasteiger partial charge in [-0.3, -0.25) is 14.7 Å². The monoisotopic (exact) mass is 300 g/mol. The molecule has 1 fully saturated rings. The number of aromatic nitrogens is 2. The van der Waals surface area contributed by atoms with Gasteiger partial charge in [0, 0.05) is 25.5 Å². The summed E-state index contributed by atoms with van der Waals surface area (Å²) in [5.74, 6) is 1.30. The molecule has 3 rings (SSSR count). The van der Waals surface area contributed by atoms with Gasteiger partial charge in [-0.15, -0.1) is 0 Å². The topological polar surface area (TPSA) is 71.3 Å². The maximum Gasteiger partial charge on any atom is 0.271 e. The van der Waals surface area contributed by atoms with E-state index in [1.807, 2.05) is 12.1 Å². The summed E-state index contributed by atoms with van der Waals surface area (Å²) >= 11 is 0. The summed E-state index contributed by atoms with van der Waals surface area (Å²) < 4.78 is 5.40. The van der Waals surface area contributed by atoms with Crippen LogP contribution in [0.4, 0.5) is 0 Å². The first-order valence-corrected chi connectivity index (χ1v) is 7.60. The highest BCUT2D eigenvalue weighted by Crippen LogP contribution is 2.18. The van der Waals surface area contributed by atoms with E-state index in [0.29, 0.717) is 18.2 Å². The van der Waals surface area contributed by atoms with Crippen molar-refractivity contribution in [1.82, 2.24) is 20.2 Å². The summed E-state index contributed by atoms with van der Waals surface area (Å²) in [4.78, 5) is 22.3. The van der Waals surface area contributed by atoms with Crippen LogP contribution in [-0.2, 0) is 6.54 Å². The Kier molecular flexibility index (Phi) is 4.80. The second-order valence-corrected chi connectivity index (χ2v) is 5.62. The van der Waals surface area contributed by atoms with Gasteiger partial charge in [-0.25, -0.2) is 4.98 Å². The fraction of sp³-hybridized carbons (Fsp3) is 0.438. The van der Waals surface area contributed by atoms with Crippen LogP contribution in [-0.4, -0.2) is 40.4 Å². The Morgan fingerprint density at radius 1 is 1.45 bits per heavy atom. The van der Waals surface area contributed by atoms with E-state index in [2.05, 4.69) is 20.2 Å². The second-order valence-electron chi connectivity index (χ2n) is 5.62. The molecule has 0 aliphatic carbocycles. The molecule has 6 heteroatoms. The number of rotatable bonds is 5. The molecule has 1 unspecified atom stereocenters. The molecule has 3 heterocycles. The molecule has 6 nitrogen and oxygen atoms in total. The minimum Gasteiger partial charge on any atom is -0.468 e. The lowest BCUT2D eigenvalue weighted by atomic mass is 9.98. The summed E-state index contributed by atoms with van der Waals surface area (Å²) in [6, 6.07) is 3.91. The zero-order valence-corrected chi connectivity index (χ0v) is 12.4. The molecule has 1 atom stereocenters. The Morgan fingerprint density at radius 3 is 3.18 bits per heavy atom. The van der Waals surface area contributed by atoms with Gasteiger partial charge in [-0.1, -0.05) is 0 Å². The highest BCUT2D eigenvalue weighted by Gasteiger charge is 2.21. The van der Waals surface area contributed by atoms with Crippen LogP contribution < -0.4 is 5.32 Å². The first kappa shape index (κ1) is 14.7. The van der Waals surface area contributed by atoms with Crippen LogP contribution in [0.2, 0.25) is 0 Å². The smallest absolute Gasteiger partial charge is 0.271 e. The van der Waals surface area contributed by atoms with Crippen molar-refractivity contribution in [2.75, 3.05) is 19.6 Å². The minimum atomic E-state index is -0.156. The summed E-state index contributed by atoms with van der Waals surface area (Å²) in [7, 11) is 0. The van der Waals surface area contributed by atoms with Crippen LogP contribution in [0.3, 0.4) is 0 Å². The van der Waals surface area contributed by atoms with Crippen LogP contribution in [0.25, 0.3) is 0 Å². The Bertz CT molecular complexity index is 585. The number of hydrogen-bond donors (Lipinski definition) is 1. The number of hydrogen-bond acceptors (Lipinski definition) is 5. The van der Waals surface area contributed by atoms with Crippen molar-refractivity contribution in [3.8, 4) is 0 Å². The predicted molar refractivity (Wildman–Crippen MR) is 81.1 cm³/mol. The molecule has 2 aromatic rings. The average molecular weight is 300 g/mol. The predicted octanol–water partition coefficient (Wildman–Crippen LogP) is 1.71. The SMILES string of the molecule is O=C(NCC1CCCN(Cc2ccco2)C1)c1cnccn1. The molecule has 0 bridgehead atoms. The zero-order valence-electron chi connectivity index (χ0n) is 12.4. The normalized spacial score (nSPS) is 19.0. The van der Waals surface area contributed by atoms with E-state index in [0.717, 1.165) is 38.2 Å². The molecule has 1 aliphatic heterocycles. The van der Waals surface area contributed by atoms with E-state index >= 15 is 0 Å². The van der Waals surface area contributed by atoms with Gasteiger partial charge in [-0.2, -0.15) is 0 Å². The molecule has 0 aromatic carbocycles. The lowest BCUT2D eigenvalue weighted by Gasteiger charge is -2.32. The third-order valence-electron chi connectivity index (χ3n) is 3.91. The lowest BCUT2D eigenvalue weighted by Crippen LogP contribution is -2.40. The van der Waals surface area contributed by atoms with E-state index in [1.165, 1.54) is 12.4 Å². The quantitative estimate of drug-likeness (QED) is 0.910. The number of carbonyl (C=O) groups is 1. The number of amides is 1. The fourth-order valence-electron chi connectivity index (χ4n) is 2.83. The van der Waals surface area contributed by atoms with Crippen LogP contribution in [0.15, 0.2) is 41.4 Å². The summed E-state index contributed by atoms with van der Waals surface area (Å²) in [6.07, 6.45) is 8.56. The largest absolute Gasteiger partial charge is 0.468 e. The Hall–Kier alpha value is -2.21. The standard InChI is InChI=1S/C16H20N4O2/c21-16(15-10-17-5-6-18-15)19-9-13-3-1-7-20(11-13)12-14-4-2-8-22-14/h2,4-6,8,10,13H,1,3,7,9,11-12H2,(H,19,21). The molecule has 1 N–H and O–H groups in total. The van der Waals surface area contributed by atoms with Crippen LogP contribution in [0.1, 0.15) is 29.1 Å². The number of likely N-dealkylation sites (tertiary alicyclic amines) is 1. The first-order valence-electron chi connectivity index (χ1n) is 7.60. The molecule has 0 radical (unpaired) electrons. The van der Waals surface area contributed by atoms with E-state index in [4.69, 9.17) is 4.42 Å². The molecule has 1 aliphatic rings. The molecule has 116 valence electrons. The van der Waals surface area contributed by atoms with Gasteiger partial charge in [0.2, 0.25) is 0 Å². The maximum atomic E-state index is 12.0. The fourth-order valence-corrected chi connectivity index (χ4v) is 2.83. The lowest BCUT2D eigenvalue weighted by molar-refractivity contribution is 0.0923. The Labute approximate surface area is 129 Å². The van der Waals surface area contributed by atoms with Gasteiger partial charge in [0.15, 0.2) is 0 Å². The molecule has 0 spiro atoms. The van der Waals surface area contributed by atoms with E-state index in [9.17, 15) is 4.79 Å². The molecular weight excluding hydrogens is 280 g/mol. The highest BCUT2D eigenvalue weighted by atomic mass is 16.3. The molecule has 0 saturated carbocycles. The minimum absolute atomic E-state index is 0.156. The van der Waals surface area contributed by atoms with Crippen molar-refractivity contribution in [3.05, 3.63) is 48.4 Å². The Balaban J connectivity index is 1.47. The van der Waals surface area contributed by atoms with Crippen LogP contribution in [0.5, 0.6) is 0 Å². The molecule has 22 heavy (non-hydrogen) atoms. The third kappa shape index (κ3) is 3.92. The summed E-state index contributed by atoms with van der Waals surface area (Å²) in [5.41, 5.74) is 0.366. The van der Waals surface area contributed by atoms with Crippen molar-refractivity contribution in [3.63, 3.8) is 0 Å². The first-order chi connectivity index (χ1) is 10.8. The average Bonchev–Trinajstić information content (AvgIpc) is 3.07. The zero-order chi connectivity index (χ0) is 15.2. The van der Waals surface area contributed by atoms with Gasteiger partial charge in [0.25, 0.3) is 5.91 Å². The van der Waals surface area contributed by atoms with Crippen LogP contribution in [0, 0.1) is 5.92 Å². The number of nitrogens with one attached hydrogen (secondary N) is 1. The van der Waals surface area contributed by atoms with Crippen molar-refractivity contribution < 1.29 is 9.21 Å². The van der Waals surface area contributed by atoms with Crippen molar-refractivity contribution >= 4 is 5.91 Å². The molecule has 1 saturated heterocycles. The molecule has 1 amide bonds. The summed E-state index contributed by atoms with van der Waals surface area (Å²) in [5, 5.41) is 2.96. The van der Waals surface area contributed by atoms with E-state index in [-0.39, 0.29) is 5.91 Å². The van der Waals surface area contributed by atoms with Gasteiger partial charge in [0.1, 0.15) is 11.5 Å². The van der Waals surface area contributed by atoms with Gasteiger partial charge >= 0.3 is 0 Å². The van der Waals surface area contributed by atoms with Crippen LogP contribution >= 0.6 is 0 Å². The molecular formula is C16H20N4O2. The number of piperidine rings is 1. The van der Waals surface area contributed by atoms with E-state index in [1.54, 1.807) is 12.5 Å². The van der Waals surface area contributed by atoms with Crippen molar-refractivity contribution in [2.45, 2.75) is 19.4 Å². The van der Waals surface area contributed by atoms with E-state index < -0.39 is 0 Å². The van der Waals surface area contributed by atoms with Gasteiger partial charge in [-0.05, 0) is 37.4 Å². The third-order valence-corrected chi connectivity index (χ3v) is 3.91.